The summed E-state index contributed by atoms with van der Waals surface area (Å²) in [6.45, 7) is 2.22. The average Bonchev–Trinajstić information content (AvgIpc) is 2.68. The number of hydrogen-bond donors (Lipinski definition) is 1. The predicted molar refractivity (Wildman–Crippen MR) is 65.2 cm³/mol. The van der Waals surface area contributed by atoms with Crippen molar-refractivity contribution in [2.45, 2.75) is 37.5 Å². The Morgan fingerprint density at radius 1 is 1.40 bits per heavy atom. The van der Waals surface area contributed by atoms with Crippen molar-refractivity contribution in [2.75, 3.05) is 11.1 Å². The highest BCUT2D eigenvalue weighted by atomic mass is 32.2. The fourth-order valence-electron chi connectivity index (χ4n) is 2.04. The maximum atomic E-state index is 4.21. The summed E-state index contributed by atoms with van der Waals surface area (Å²) in [7, 11) is 0. The summed E-state index contributed by atoms with van der Waals surface area (Å²) in [4.78, 5) is 8.41. The number of thioether (sulfide) groups is 1. The van der Waals surface area contributed by atoms with Crippen molar-refractivity contribution in [1.29, 1.82) is 0 Å². The number of nitrogens with one attached hydrogen (secondary N) is 1. The second kappa shape index (κ2) is 5.35. The Morgan fingerprint density at radius 3 is 2.93 bits per heavy atom. The van der Waals surface area contributed by atoms with E-state index in [4.69, 9.17) is 0 Å². The molecule has 1 aliphatic rings. The van der Waals surface area contributed by atoms with Gasteiger partial charge in [0.25, 0.3) is 0 Å². The minimum absolute atomic E-state index is 0.553. The molecule has 3 nitrogen and oxygen atoms in total. The summed E-state index contributed by atoms with van der Waals surface area (Å²) in [5.41, 5.74) is 0. The van der Waals surface area contributed by atoms with Crippen LogP contribution in [-0.4, -0.2) is 27.0 Å². The van der Waals surface area contributed by atoms with Crippen molar-refractivity contribution in [3.63, 3.8) is 0 Å². The number of anilines is 1. The monoisotopic (exact) mass is 223 g/mol. The third kappa shape index (κ3) is 2.84. The summed E-state index contributed by atoms with van der Waals surface area (Å²) < 4.78 is 0. The summed E-state index contributed by atoms with van der Waals surface area (Å²) in [6.07, 6.45) is 7.46. The summed E-state index contributed by atoms with van der Waals surface area (Å²) in [5.74, 6) is 1.96. The SMILES string of the molecule is CCS[C@H]1CCC[C@H]1Nc1ncccn1. The van der Waals surface area contributed by atoms with E-state index in [1.807, 2.05) is 17.8 Å². The third-order valence-electron chi connectivity index (χ3n) is 2.71. The zero-order valence-corrected chi connectivity index (χ0v) is 9.83. The average molecular weight is 223 g/mol. The fourth-order valence-corrected chi connectivity index (χ4v) is 3.24. The van der Waals surface area contributed by atoms with Gasteiger partial charge in [-0.1, -0.05) is 13.3 Å². The lowest BCUT2D eigenvalue weighted by Crippen LogP contribution is -2.27. The topological polar surface area (TPSA) is 37.8 Å². The van der Waals surface area contributed by atoms with E-state index >= 15 is 0 Å². The molecule has 1 fully saturated rings. The molecule has 82 valence electrons. The molecule has 1 aromatic heterocycles. The van der Waals surface area contributed by atoms with Gasteiger partial charge in [-0.3, -0.25) is 0 Å². The van der Waals surface area contributed by atoms with Crippen molar-refractivity contribution >= 4 is 17.7 Å². The summed E-state index contributed by atoms with van der Waals surface area (Å²) in [5, 5.41) is 4.17. The molecule has 0 unspecified atom stereocenters. The summed E-state index contributed by atoms with van der Waals surface area (Å²) >= 11 is 2.05. The van der Waals surface area contributed by atoms with Gasteiger partial charge in [0.05, 0.1) is 0 Å². The van der Waals surface area contributed by atoms with Crippen LogP contribution in [0.1, 0.15) is 26.2 Å². The lowest BCUT2D eigenvalue weighted by atomic mass is 10.2. The first-order valence-electron chi connectivity index (χ1n) is 5.55. The molecule has 0 aromatic carbocycles. The maximum absolute atomic E-state index is 4.21. The molecule has 1 N–H and O–H groups in total. The molecular formula is C11H17N3S. The van der Waals surface area contributed by atoms with Crippen LogP contribution in [0.4, 0.5) is 5.95 Å². The first kappa shape index (κ1) is 10.7. The molecule has 2 atom stereocenters. The zero-order valence-electron chi connectivity index (χ0n) is 9.02. The van der Waals surface area contributed by atoms with E-state index in [1.165, 1.54) is 25.0 Å². The molecule has 0 aliphatic heterocycles. The Kier molecular flexibility index (Phi) is 3.83. The van der Waals surface area contributed by atoms with Crippen molar-refractivity contribution in [1.82, 2.24) is 9.97 Å². The molecule has 1 aromatic rings. The lowest BCUT2D eigenvalue weighted by molar-refractivity contribution is 0.755. The Morgan fingerprint density at radius 2 is 2.20 bits per heavy atom. The molecule has 0 radical (unpaired) electrons. The molecule has 1 heterocycles. The van der Waals surface area contributed by atoms with Gasteiger partial charge in [-0.2, -0.15) is 11.8 Å². The number of rotatable bonds is 4. The summed E-state index contributed by atoms with van der Waals surface area (Å²) in [6, 6.07) is 2.40. The number of hydrogen-bond acceptors (Lipinski definition) is 4. The quantitative estimate of drug-likeness (QED) is 0.851. The van der Waals surface area contributed by atoms with Crippen LogP contribution >= 0.6 is 11.8 Å². The van der Waals surface area contributed by atoms with E-state index in [0.29, 0.717) is 6.04 Å². The minimum Gasteiger partial charge on any atom is -0.350 e. The largest absolute Gasteiger partial charge is 0.350 e. The molecule has 0 bridgehead atoms. The number of nitrogens with zero attached hydrogens (tertiary/aromatic N) is 2. The molecule has 2 rings (SSSR count). The smallest absolute Gasteiger partial charge is 0.222 e. The first-order chi connectivity index (χ1) is 7.40. The van der Waals surface area contributed by atoms with Gasteiger partial charge in [-0.25, -0.2) is 9.97 Å². The molecular weight excluding hydrogens is 206 g/mol. The fraction of sp³-hybridized carbons (Fsp3) is 0.636. The Bertz CT molecular complexity index is 291. The predicted octanol–water partition coefficient (Wildman–Crippen LogP) is 2.56. The molecule has 1 saturated carbocycles. The standard InChI is InChI=1S/C11H17N3S/c1-2-15-10-6-3-5-9(10)14-11-12-7-4-8-13-11/h4,7-10H,2-3,5-6H2,1H3,(H,12,13,14)/t9-,10+/m1/s1. The molecule has 0 spiro atoms. The highest BCUT2D eigenvalue weighted by Gasteiger charge is 2.27. The van der Waals surface area contributed by atoms with Crippen LogP contribution in [-0.2, 0) is 0 Å². The van der Waals surface area contributed by atoms with Gasteiger partial charge in [0.15, 0.2) is 0 Å². The van der Waals surface area contributed by atoms with Crippen LogP contribution < -0.4 is 5.32 Å². The molecule has 0 saturated heterocycles. The van der Waals surface area contributed by atoms with E-state index in [-0.39, 0.29) is 0 Å². The van der Waals surface area contributed by atoms with Crippen molar-refractivity contribution in [3.8, 4) is 0 Å². The Balaban J connectivity index is 1.93. The maximum Gasteiger partial charge on any atom is 0.222 e. The Labute approximate surface area is 95.1 Å². The van der Waals surface area contributed by atoms with Crippen molar-refractivity contribution in [2.24, 2.45) is 0 Å². The molecule has 15 heavy (non-hydrogen) atoms. The van der Waals surface area contributed by atoms with Gasteiger partial charge in [0, 0.05) is 23.7 Å². The van der Waals surface area contributed by atoms with E-state index in [0.717, 1.165) is 11.2 Å². The van der Waals surface area contributed by atoms with Crippen LogP contribution in [0.3, 0.4) is 0 Å². The van der Waals surface area contributed by atoms with E-state index in [1.54, 1.807) is 12.4 Å². The molecule has 4 heteroatoms. The van der Waals surface area contributed by atoms with Gasteiger partial charge in [0.1, 0.15) is 0 Å². The highest BCUT2D eigenvalue weighted by molar-refractivity contribution is 7.99. The van der Waals surface area contributed by atoms with Crippen LogP contribution in [0.25, 0.3) is 0 Å². The Hall–Kier alpha value is -0.770. The van der Waals surface area contributed by atoms with Crippen LogP contribution in [0.15, 0.2) is 18.5 Å². The molecule has 1 aliphatic carbocycles. The van der Waals surface area contributed by atoms with Crippen molar-refractivity contribution in [3.05, 3.63) is 18.5 Å². The molecule has 0 amide bonds. The van der Waals surface area contributed by atoms with Crippen LogP contribution in [0.5, 0.6) is 0 Å². The van der Waals surface area contributed by atoms with Gasteiger partial charge in [-0.15, -0.1) is 0 Å². The third-order valence-corrected chi connectivity index (χ3v) is 4.04. The van der Waals surface area contributed by atoms with Crippen LogP contribution in [0, 0.1) is 0 Å². The van der Waals surface area contributed by atoms with E-state index in [2.05, 4.69) is 22.2 Å². The second-order valence-corrected chi connectivity index (χ2v) is 5.26. The van der Waals surface area contributed by atoms with Crippen LogP contribution in [0.2, 0.25) is 0 Å². The van der Waals surface area contributed by atoms with Gasteiger partial charge in [-0.05, 0) is 24.7 Å². The normalized spacial score (nSPS) is 25.4. The highest BCUT2D eigenvalue weighted by Crippen LogP contribution is 2.31. The van der Waals surface area contributed by atoms with Gasteiger partial charge >= 0.3 is 0 Å². The lowest BCUT2D eigenvalue weighted by Gasteiger charge is -2.19. The second-order valence-electron chi connectivity index (χ2n) is 3.75. The zero-order chi connectivity index (χ0) is 10.5. The van der Waals surface area contributed by atoms with E-state index < -0.39 is 0 Å². The minimum atomic E-state index is 0.553. The van der Waals surface area contributed by atoms with E-state index in [9.17, 15) is 0 Å². The first-order valence-corrected chi connectivity index (χ1v) is 6.60. The van der Waals surface area contributed by atoms with Crippen molar-refractivity contribution < 1.29 is 0 Å². The van der Waals surface area contributed by atoms with Gasteiger partial charge < -0.3 is 5.32 Å². The van der Waals surface area contributed by atoms with Gasteiger partial charge in [0.2, 0.25) is 5.95 Å². The number of aromatic nitrogens is 2.